The number of ether oxygens (including phenoxy) is 1. The van der Waals surface area contributed by atoms with Crippen molar-refractivity contribution in [2.24, 2.45) is 0 Å². The van der Waals surface area contributed by atoms with Crippen LogP contribution in [-0.2, 0) is 4.79 Å². The summed E-state index contributed by atoms with van der Waals surface area (Å²) < 4.78 is 5.00. The van der Waals surface area contributed by atoms with Gasteiger partial charge in [-0.25, -0.2) is 0 Å². The minimum Gasteiger partial charge on any atom is -0.497 e. The van der Waals surface area contributed by atoms with Gasteiger partial charge < -0.3 is 9.84 Å². The first-order valence-corrected chi connectivity index (χ1v) is 4.57. The van der Waals surface area contributed by atoms with Crippen molar-refractivity contribution in [2.75, 3.05) is 7.11 Å². The third-order valence-corrected chi connectivity index (χ3v) is 1.79. The first-order valence-electron chi connectivity index (χ1n) is 4.57. The summed E-state index contributed by atoms with van der Waals surface area (Å²) in [5.41, 5.74) is 0.862. The van der Waals surface area contributed by atoms with Gasteiger partial charge in [0.15, 0.2) is 0 Å². The fraction of sp³-hybridized carbons (Fsp3) is 0.250. The molecule has 0 radical (unpaired) electrons. The number of carboxylic acids is 1. The summed E-state index contributed by atoms with van der Waals surface area (Å²) in [5, 5.41) is 8.39. The second-order valence-corrected chi connectivity index (χ2v) is 2.92. The van der Waals surface area contributed by atoms with E-state index in [9.17, 15) is 4.79 Å². The van der Waals surface area contributed by atoms with Crippen LogP contribution in [0.4, 0.5) is 0 Å². The molecule has 78 valence electrons. The van der Waals surface area contributed by atoms with E-state index in [0.717, 1.165) is 11.3 Å². The maximum Gasteiger partial charge on any atom is 0.304 e. The molecule has 1 aromatic rings. The van der Waals surface area contributed by atoms with Gasteiger partial charge in [-0.15, -0.1) is 0 Å². The number of carbonyl (C=O) groups is 1. The minimum atomic E-state index is -0.820. The number of methoxy groups -OCH3 is 1. The van der Waals surface area contributed by atoms with Crippen LogP contribution < -0.4 is 4.74 Å². The summed E-state index contributed by atoms with van der Waals surface area (Å²) in [4.78, 5) is 10.2. The van der Waals surface area contributed by atoms with E-state index in [-0.39, 0.29) is 6.42 Å². The van der Waals surface area contributed by atoms with Crippen LogP contribution in [0.3, 0.4) is 0 Å². The molecule has 0 saturated heterocycles. The standard InChI is InChI=1S/C12H12O3/c1-15-11-8-6-10(7-9-11)4-2-3-5-12(13)14/h6-9H,3,5H2,1H3,(H,13,14). The third kappa shape index (κ3) is 4.19. The Morgan fingerprint density at radius 2 is 2.07 bits per heavy atom. The smallest absolute Gasteiger partial charge is 0.304 e. The SMILES string of the molecule is COc1ccc(C#CCCC(=O)O)cc1. The highest BCUT2D eigenvalue weighted by Crippen LogP contribution is 2.10. The summed E-state index contributed by atoms with van der Waals surface area (Å²) in [6.45, 7) is 0. The Hall–Kier alpha value is -1.95. The molecule has 0 spiro atoms. The zero-order valence-corrected chi connectivity index (χ0v) is 8.49. The normalized spacial score (nSPS) is 8.87. The molecule has 0 amide bonds. The van der Waals surface area contributed by atoms with Crippen LogP contribution in [0.15, 0.2) is 24.3 Å². The van der Waals surface area contributed by atoms with Crippen LogP contribution in [0.5, 0.6) is 5.75 Å². The summed E-state index contributed by atoms with van der Waals surface area (Å²) in [6.07, 6.45) is 0.463. The molecule has 0 heterocycles. The maximum atomic E-state index is 10.2. The summed E-state index contributed by atoms with van der Waals surface area (Å²) in [6, 6.07) is 7.32. The predicted molar refractivity (Wildman–Crippen MR) is 56.7 cm³/mol. The van der Waals surface area contributed by atoms with E-state index in [1.165, 1.54) is 0 Å². The van der Waals surface area contributed by atoms with Crippen molar-refractivity contribution in [1.82, 2.24) is 0 Å². The monoisotopic (exact) mass is 204 g/mol. The number of rotatable bonds is 3. The van der Waals surface area contributed by atoms with E-state index in [4.69, 9.17) is 9.84 Å². The molecule has 0 unspecified atom stereocenters. The van der Waals surface area contributed by atoms with E-state index in [1.807, 2.05) is 24.3 Å². The lowest BCUT2D eigenvalue weighted by atomic mass is 10.2. The van der Waals surface area contributed by atoms with Crippen molar-refractivity contribution in [1.29, 1.82) is 0 Å². The largest absolute Gasteiger partial charge is 0.497 e. The van der Waals surface area contributed by atoms with E-state index in [1.54, 1.807) is 7.11 Å². The van der Waals surface area contributed by atoms with Gasteiger partial charge in [-0.05, 0) is 24.3 Å². The number of aliphatic carboxylic acids is 1. The highest BCUT2D eigenvalue weighted by molar-refractivity contribution is 5.67. The molecular weight excluding hydrogens is 192 g/mol. The molecule has 3 nitrogen and oxygen atoms in total. The molecule has 0 aliphatic heterocycles. The Kier molecular flexibility index (Phi) is 4.24. The summed E-state index contributed by atoms with van der Waals surface area (Å²) in [7, 11) is 1.60. The fourth-order valence-electron chi connectivity index (χ4n) is 1.01. The highest BCUT2D eigenvalue weighted by atomic mass is 16.5. The van der Waals surface area contributed by atoms with Gasteiger partial charge in [-0.3, -0.25) is 4.79 Å². The third-order valence-electron chi connectivity index (χ3n) is 1.79. The minimum absolute atomic E-state index is 0.0865. The van der Waals surface area contributed by atoms with Crippen LogP contribution in [-0.4, -0.2) is 18.2 Å². The first-order chi connectivity index (χ1) is 7.22. The van der Waals surface area contributed by atoms with Crippen LogP contribution in [0.1, 0.15) is 18.4 Å². The molecule has 1 aromatic carbocycles. The molecule has 0 aliphatic carbocycles. The van der Waals surface area contributed by atoms with E-state index >= 15 is 0 Å². The molecule has 0 aliphatic rings. The Morgan fingerprint density at radius 3 is 2.60 bits per heavy atom. The van der Waals surface area contributed by atoms with Gasteiger partial charge in [0.05, 0.1) is 13.5 Å². The fourth-order valence-corrected chi connectivity index (χ4v) is 1.01. The zero-order chi connectivity index (χ0) is 11.1. The Morgan fingerprint density at radius 1 is 1.40 bits per heavy atom. The lowest BCUT2D eigenvalue weighted by Crippen LogP contribution is -1.91. The summed E-state index contributed by atoms with van der Waals surface area (Å²) in [5.74, 6) is 5.64. The van der Waals surface area contributed by atoms with E-state index in [2.05, 4.69) is 11.8 Å². The number of hydrogen-bond donors (Lipinski definition) is 1. The Balaban J connectivity index is 2.52. The molecule has 0 aromatic heterocycles. The average molecular weight is 204 g/mol. The van der Waals surface area contributed by atoms with Crippen LogP contribution in [0.25, 0.3) is 0 Å². The highest BCUT2D eigenvalue weighted by Gasteiger charge is 1.92. The first kappa shape index (κ1) is 11.1. The number of carboxylic acid groups (broad SMARTS) is 1. The molecule has 1 rings (SSSR count). The number of benzene rings is 1. The van der Waals surface area contributed by atoms with Crippen LogP contribution in [0.2, 0.25) is 0 Å². The molecule has 1 N–H and O–H groups in total. The molecule has 15 heavy (non-hydrogen) atoms. The quantitative estimate of drug-likeness (QED) is 0.765. The molecule has 3 heteroatoms. The average Bonchev–Trinajstić information content (AvgIpc) is 2.25. The van der Waals surface area contributed by atoms with Crippen molar-refractivity contribution in [2.45, 2.75) is 12.8 Å². The van der Waals surface area contributed by atoms with Crippen molar-refractivity contribution in [3.8, 4) is 17.6 Å². The van der Waals surface area contributed by atoms with Gasteiger partial charge in [-0.1, -0.05) is 11.8 Å². The van der Waals surface area contributed by atoms with Crippen molar-refractivity contribution < 1.29 is 14.6 Å². The van der Waals surface area contributed by atoms with Crippen LogP contribution in [0, 0.1) is 11.8 Å². The zero-order valence-electron chi connectivity index (χ0n) is 8.49. The van der Waals surface area contributed by atoms with Gasteiger partial charge in [0.25, 0.3) is 0 Å². The second kappa shape index (κ2) is 5.71. The molecule has 0 bridgehead atoms. The number of hydrogen-bond acceptors (Lipinski definition) is 2. The van der Waals surface area contributed by atoms with Gasteiger partial charge in [0, 0.05) is 12.0 Å². The van der Waals surface area contributed by atoms with Crippen LogP contribution >= 0.6 is 0 Å². The maximum absolute atomic E-state index is 10.2. The van der Waals surface area contributed by atoms with Gasteiger partial charge in [0.2, 0.25) is 0 Å². The topological polar surface area (TPSA) is 46.5 Å². The predicted octanol–water partition coefficient (Wildman–Crippen LogP) is 1.91. The van der Waals surface area contributed by atoms with Crippen molar-refractivity contribution in [3.63, 3.8) is 0 Å². The van der Waals surface area contributed by atoms with Gasteiger partial charge >= 0.3 is 5.97 Å². The van der Waals surface area contributed by atoms with E-state index in [0.29, 0.717) is 6.42 Å². The molecular formula is C12H12O3. The van der Waals surface area contributed by atoms with Crippen molar-refractivity contribution in [3.05, 3.63) is 29.8 Å². The second-order valence-electron chi connectivity index (χ2n) is 2.92. The molecule has 0 saturated carbocycles. The lowest BCUT2D eigenvalue weighted by molar-refractivity contribution is -0.136. The van der Waals surface area contributed by atoms with Gasteiger partial charge in [-0.2, -0.15) is 0 Å². The lowest BCUT2D eigenvalue weighted by Gasteiger charge is -1.97. The van der Waals surface area contributed by atoms with Crippen molar-refractivity contribution >= 4 is 5.97 Å². The Labute approximate surface area is 88.7 Å². The molecule has 0 atom stereocenters. The summed E-state index contributed by atoms with van der Waals surface area (Å²) >= 11 is 0. The Bertz CT molecular complexity index is 382. The molecule has 0 fully saturated rings. The van der Waals surface area contributed by atoms with Gasteiger partial charge in [0.1, 0.15) is 5.75 Å². The van der Waals surface area contributed by atoms with E-state index < -0.39 is 5.97 Å².